The first-order chi connectivity index (χ1) is 11.4. The molecule has 128 valence electrons. The van der Waals surface area contributed by atoms with Crippen LogP contribution in [0.3, 0.4) is 0 Å². The van der Waals surface area contributed by atoms with E-state index < -0.39 is 0 Å². The number of benzene rings is 1. The second kappa shape index (κ2) is 6.54. The Morgan fingerprint density at radius 1 is 1.04 bits per heavy atom. The smallest absolute Gasteiger partial charge is 0.254 e. The van der Waals surface area contributed by atoms with Crippen molar-refractivity contribution in [3.8, 4) is 0 Å². The molecule has 3 rings (SSSR count). The van der Waals surface area contributed by atoms with E-state index >= 15 is 0 Å². The number of imide groups is 1. The molecule has 2 atom stereocenters. The standard InChI is InChI=1S/C21H27NO2/c1-13(2)10-15-6-5-7-17-18(15)12-16(11-14(3)4)21(17)22-19(23)8-9-20(22)24/h5-9,13-14,16,21H,10-12H2,1-4H3/t16-,21-/m0/s1. The van der Waals surface area contributed by atoms with Gasteiger partial charge < -0.3 is 0 Å². The van der Waals surface area contributed by atoms with Gasteiger partial charge in [0.15, 0.2) is 0 Å². The minimum absolute atomic E-state index is 0.107. The molecule has 0 bridgehead atoms. The van der Waals surface area contributed by atoms with Gasteiger partial charge >= 0.3 is 0 Å². The van der Waals surface area contributed by atoms with E-state index in [0.29, 0.717) is 17.8 Å². The van der Waals surface area contributed by atoms with Crippen LogP contribution in [0.1, 0.15) is 56.8 Å². The molecule has 1 aromatic rings. The van der Waals surface area contributed by atoms with Crippen LogP contribution < -0.4 is 0 Å². The lowest BCUT2D eigenvalue weighted by molar-refractivity contribution is -0.140. The fourth-order valence-corrected chi connectivity index (χ4v) is 4.29. The van der Waals surface area contributed by atoms with Gasteiger partial charge in [-0.05, 0) is 53.7 Å². The molecule has 0 spiro atoms. The molecular weight excluding hydrogens is 298 g/mol. The van der Waals surface area contributed by atoms with Crippen molar-refractivity contribution in [2.75, 3.05) is 0 Å². The van der Waals surface area contributed by atoms with E-state index in [1.54, 1.807) is 0 Å². The van der Waals surface area contributed by atoms with Crippen LogP contribution in [-0.2, 0) is 22.4 Å². The van der Waals surface area contributed by atoms with Crippen LogP contribution in [0.25, 0.3) is 0 Å². The quantitative estimate of drug-likeness (QED) is 0.765. The molecule has 24 heavy (non-hydrogen) atoms. The Bertz CT molecular complexity index is 669. The second-order valence-electron chi connectivity index (χ2n) is 8.00. The molecular formula is C21H27NO2. The van der Waals surface area contributed by atoms with Crippen LogP contribution in [-0.4, -0.2) is 16.7 Å². The van der Waals surface area contributed by atoms with E-state index in [-0.39, 0.29) is 17.9 Å². The number of carbonyl (C=O) groups excluding carboxylic acids is 2. The molecule has 0 N–H and O–H groups in total. The summed E-state index contributed by atoms with van der Waals surface area (Å²) in [6, 6.07) is 6.30. The number of hydrogen-bond acceptors (Lipinski definition) is 2. The first-order valence-corrected chi connectivity index (χ1v) is 9.04. The van der Waals surface area contributed by atoms with Crippen molar-refractivity contribution in [2.45, 2.75) is 53.0 Å². The zero-order chi connectivity index (χ0) is 17.4. The number of nitrogens with zero attached hydrogens (tertiary/aromatic N) is 1. The summed E-state index contributed by atoms with van der Waals surface area (Å²) in [5.74, 6) is 1.12. The third kappa shape index (κ3) is 3.04. The zero-order valence-corrected chi connectivity index (χ0v) is 15.1. The maximum atomic E-state index is 12.3. The Hall–Kier alpha value is -1.90. The van der Waals surface area contributed by atoms with Gasteiger partial charge in [0.05, 0.1) is 6.04 Å². The lowest BCUT2D eigenvalue weighted by Crippen LogP contribution is -2.37. The molecule has 0 aromatic heterocycles. The van der Waals surface area contributed by atoms with Gasteiger partial charge in [0, 0.05) is 12.2 Å². The van der Waals surface area contributed by atoms with Crippen molar-refractivity contribution in [1.29, 1.82) is 0 Å². The Labute approximate surface area is 144 Å². The van der Waals surface area contributed by atoms with Gasteiger partial charge in [0.1, 0.15) is 0 Å². The fraction of sp³-hybridized carbons (Fsp3) is 0.524. The van der Waals surface area contributed by atoms with Crippen LogP contribution in [0, 0.1) is 17.8 Å². The van der Waals surface area contributed by atoms with E-state index in [0.717, 1.165) is 19.3 Å². The van der Waals surface area contributed by atoms with E-state index in [9.17, 15) is 9.59 Å². The first-order valence-electron chi connectivity index (χ1n) is 9.04. The van der Waals surface area contributed by atoms with Gasteiger partial charge in [0.25, 0.3) is 11.8 Å². The lowest BCUT2D eigenvalue weighted by Gasteiger charge is -2.29. The van der Waals surface area contributed by atoms with Crippen LogP contribution in [0.15, 0.2) is 30.4 Å². The van der Waals surface area contributed by atoms with Crippen molar-refractivity contribution in [3.63, 3.8) is 0 Å². The number of carbonyl (C=O) groups is 2. The van der Waals surface area contributed by atoms with Gasteiger partial charge in [-0.2, -0.15) is 0 Å². The molecule has 1 heterocycles. The summed E-state index contributed by atoms with van der Waals surface area (Å²) in [6.45, 7) is 8.88. The SMILES string of the molecule is CC(C)Cc1cccc2c1C[C@H](CC(C)C)[C@@H]2N1C(=O)C=CC1=O. The van der Waals surface area contributed by atoms with Crippen LogP contribution in [0.5, 0.6) is 0 Å². The molecule has 0 saturated heterocycles. The Balaban J connectivity index is 2.02. The van der Waals surface area contributed by atoms with E-state index in [1.807, 2.05) is 0 Å². The van der Waals surface area contributed by atoms with Gasteiger partial charge in [0.2, 0.25) is 0 Å². The van der Waals surface area contributed by atoms with Crippen molar-refractivity contribution >= 4 is 11.8 Å². The monoisotopic (exact) mass is 325 g/mol. The van der Waals surface area contributed by atoms with E-state index in [4.69, 9.17) is 0 Å². The van der Waals surface area contributed by atoms with Crippen molar-refractivity contribution in [2.24, 2.45) is 17.8 Å². The summed E-state index contributed by atoms with van der Waals surface area (Å²) in [7, 11) is 0. The first kappa shape index (κ1) is 16.9. The van der Waals surface area contributed by atoms with Crippen molar-refractivity contribution in [3.05, 3.63) is 47.0 Å². The van der Waals surface area contributed by atoms with Crippen LogP contribution in [0.4, 0.5) is 0 Å². The molecule has 1 aliphatic carbocycles. The molecule has 2 amide bonds. The normalized spacial score (nSPS) is 23.0. The van der Waals surface area contributed by atoms with E-state index in [2.05, 4.69) is 45.9 Å². The molecule has 0 saturated carbocycles. The molecule has 0 unspecified atom stereocenters. The van der Waals surface area contributed by atoms with Gasteiger partial charge in [-0.15, -0.1) is 0 Å². The van der Waals surface area contributed by atoms with Crippen molar-refractivity contribution in [1.82, 2.24) is 4.90 Å². The fourth-order valence-electron chi connectivity index (χ4n) is 4.29. The summed E-state index contributed by atoms with van der Waals surface area (Å²) >= 11 is 0. The van der Waals surface area contributed by atoms with Crippen LogP contribution >= 0.6 is 0 Å². The Morgan fingerprint density at radius 3 is 2.29 bits per heavy atom. The van der Waals surface area contributed by atoms with Gasteiger partial charge in [-0.25, -0.2) is 0 Å². The largest absolute Gasteiger partial charge is 0.269 e. The molecule has 3 heteroatoms. The maximum absolute atomic E-state index is 12.3. The molecule has 1 aromatic carbocycles. The minimum Gasteiger partial charge on any atom is -0.269 e. The molecule has 1 aliphatic heterocycles. The third-order valence-corrected chi connectivity index (χ3v) is 5.06. The summed E-state index contributed by atoms with van der Waals surface area (Å²) < 4.78 is 0. The molecule has 0 fully saturated rings. The maximum Gasteiger partial charge on any atom is 0.254 e. The summed E-state index contributed by atoms with van der Waals surface area (Å²) in [4.78, 5) is 26.1. The van der Waals surface area contributed by atoms with Gasteiger partial charge in [-0.3, -0.25) is 14.5 Å². The molecule has 0 radical (unpaired) electrons. The average molecular weight is 325 g/mol. The summed E-state index contributed by atoms with van der Waals surface area (Å²) in [6.07, 6.45) is 5.86. The molecule has 3 nitrogen and oxygen atoms in total. The highest BCUT2D eigenvalue weighted by Crippen LogP contribution is 2.45. The highest BCUT2D eigenvalue weighted by Gasteiger charge is 2.42. The Morgan fingerprint density at radius 2 is 1.71 bits per heavy atom. The number of rotatable bonds is 5. The van der Waals surface area contributed by atoms with Crippen LogP contribution in [0.2, 0.25) is 0 Å². The number of hydrogen-bond donors (Lipinski definition) is 0. The third-order valence-electron chi connectivity index (χ3n) is 5.06. The second-order valence-corrected chi connectivity index (χ2v) is 8.00. The average Bonchev–Trinajstić information content (AvgIpc) is 2.99. The van der Waals surface area contributed by atoms with Gasteiger partial charge in [-0.1, -0.05) is 45.9 Å². The highest BCUT2D eigenvalue weighted by atomic mass is 16.2. The number of fused-ring (bicyclic) bond motifs is 1. The predicted octanol–water partition coefficient (Wildman–Crippen LogP) is 4.07. The lowest BCUT2D eigenvalue weighted by atomic mass is 9.90. The van der Waals surface area contributed by atoms with Crippen molar-refractivity contribution < 1.29 is 9.59 Å². The number of amides is 2. The molecule has 2 aliphatic rings. The Kier molecular flexibility index (Phi) is 4.62. The van der Waals surface area contributed by atoms with E-state index in [1.165, 1.54) is 33.7 Å². The topological polar surface area (TPSA) is 37.4 Å². The summed E-state index contributed by atoms with van der Waals surface area (Å²) in [5.41, 5.74) is 3.93. The zero-order valence-electron chi connectivity index (χ0n) is 15.1. The highest BCUT2D eigenvalue weighted by molar-refractivity contribution is 6.13. The predicted molar refractivity (Wildman–Crippen MR) is 95.4 cm³/mol. The minimum atomic E-state index is -0.166. The summed E-state index contributed by atoms with van der Waals surface area (Å²) in [5, 5.41) is 0.